The first-order valence-electron chi connectivity index (χ1n) is 7.56. The molecule has 19 heavy (non-hydrogen) atoms. The van der Waals surface area contributed by atoms with E-state index in [0.29, 0.717) is 12.2 Å². The van der Waals surface area contributed by atoms with Crippen LogP contribution in [0.25, 0.3) is 0 Å². The van der Waals surface area contributed by atoms with E-state index in [1.165, 1.54) is 36.8 Å². The standard InChI is InChI=1S/C16H25N3/c1-19-15-5-3-2-4-14(15)18-16(19)13-8-6-12(7-9-13)10-11-17/h6-9,14-16,18H,2-5,10-11,17H2,1H3. The van der Waals surface area contributed by atoms with E-state index in [0.717, 1.165) is 19.0 Å². The molecule has 3 heteroatoms. The Morgan fingerprint density at radius 3 is 2.63 bits per heavy atom. The smallest absolute Gasteiger partial charge is 0.0863 e. The summed E-state index contributed by atoms with van der Waals surface area (Å²) in [5.74, 6) is 0. The highest BCUT2D eigenvalue weighted by molar-refractivity contribution is 5.26. The molecule has 1 aromatic carbocycles. The lowest BCUT2D eigenvalue weighted by atomic mass is 9.91. The van der Waals surface area contributed by atoms with Crippen LogP contribution in [0.4, 0.5) is 0 Å². The second-order valence-corrected chi connectivity index (χ2v) is 5.97. The Hall–Kier alpha value is -0.900. The zero-order chi connectivity index (χ0) is 13.2. The molecule has 1 aromatic rings. The Morgan fingerprint density at radius 1 is 1.21 bits per heavy atom. The van der Waals surface area contributed by atoms with Gasteiger partial charge in [0.15, 0.2) is 0 Å². The summed E-state index contributed by atoms with van der Waals surface area (Å²) >= 11 is 0. The van der Waals surface area contributed by atoms with Gasteiger partial charge in [0.05, 0.1) is 6.17 Å². The van der Waals surface area contributed by atoms with Crippen molar-refractivity contribution in [2.45, 2.75) is 50.4 Å². The van der Waals surface area contributed by atoms with E-state index in [1.54, 1.807) is 0 Å². The van der Waals surface area contributed by atoms with E-state index in [2.05, 4.69) is 41.5 Å². The normalized spacial score (nSPS) is 31.4. The first-order chi connectivity index (χ1) is 9.29. The molecule has 1 aliphatic carbocycles. The van der Waals surface area contributed by atoms with Crippen LogP contribution in [0.1, 0.15) is 43.0 Å². The average Bonchev–Trinajstić information content (AvgIpc) is 2.78. The zero-order valence-corrected chi connectivity index (χ0v) is 11.8. The van der Waals surface area contributed by atoms with Crippen molar-refractivity contribution in [3.05, 3.63) is 35.4 Å². The van der Waals surface area contributed by atoms with Crippen LogP contribution in [0.15, 0.2) is 24.3 Å². The van der Waals surface area contributed by atoms with Gasteiger partial charge < -0.3 is 5.73 Å². The lowest BCUT2D eigenvalue weighted by Gasteiger charge is -2.29. The van der Waals surface area contributed by atoms with Gasteiger partial charge in [-0.25, -0.2) is 0 Å². The molecule has 0 amide bonds. The highest BCUT2D eigenvalue weighted by Gasteiger charge is 2.39. The fourth-order valence-electron chi connectivity index (χ4n) is 3.67. The van der Waals surface area contributed by atoms with Crippen LogP contribution >= 0.6 is 0 Å². The third kappa shape index (κ3) is 2.55. The zero-order valence-electron chi connectivity index (χ0n) is 11.8. The van der Waals surface area contributed by atoms with Crippen molar-refractivity contribution in [1.29, 1.82) is 0 Å². The second kappa shape index (κ2) is 5.61. The van der Waals surface area contributed by atoms with E-state index in [4.69, 9.17) is 5.73 Å². The molecule has 3 nitrogen and oxygen atoms in total. The van der Waals surface area contributed by atoms with Gasteiger partial charge in [0.1, 0.15) is 0 Å². The molecule has 0 radical (unpaired) electrons. The van der Waals surface area contributed by atoms with Gasteiger partial charge in [0.25, 0.3) is 0 Å². The van der Waals surface area contributed by atoms with Crippen LogP contribution < -0.4 is 11.1 Å². The van der Waals surface area contributed by atoms with Crippen LogP contribution in [-0.2, 0) is 6.42 Å². The topological polar surface area (TPSA) is 41.3 Å². The number of rotatable bonds is 3. The van der Waals surface area contributed by atoms with Gasteiger partial charge in [-0.3, -0.25) is 10.2 Å². The van der Waals surface area contributed by atoms with E-state index >= 15 is 0 Å². The number of nitrogens with two attached hydrogens (primary N) is 1. The van der Waals surface area contributed by atoms with Gasteiger partial charge in [-0.2, -0.15) is 0 Å². The summed E-state index contributed by atoms with van der Waals surface area (Å²) in [4.78, 5) is 2.53. The summed E-state index contributed by atoms with van der Waals surface area (Å²) in [7, 11) is 2.27. The van der Waals surface area contributed by atoms with E-state index in [9.17, 15) is 0 Å². The monoisotopic (exact) mass is 259 g/mol. The SMILES string of the molecule is CN1C(c2ccc(CCN)cc2)NC2CCCCC21. The number of benzene rings is 1. The Kier molecular flexibility index (Phi) is 3.87. The summed E-state index contributed by atoms with van der Waals surface area (Å²) < 4.78 is 0. The molecule has 0 aromatic heterocycles. The Morgan fingerprint density at radius 2 is 1.95 bits per heavy atom. The van der Waals surface area contributed by atoms with Gasteiger partial charge in [-0.05, 0) is 44.0 Å². The van der Waals surface area contributed by atoms with Crippen LogP contribution in [-0.4, -0.2) is 30.6 Å². The van der Waals surface area contributed by atoms with Crippen molar-refractivity contribution in [3.63, 3.8) is 0 Å². The first-order valence-corrected chi connectivity index (χ1v) is 7.56. The predicted octanol–water partition coefficient (Wildman–Crippen LogP) is 2.03. The molecule has 1 saturated carbocycles. The van der Waals surface area contributed by atoms with Gasteiger partial charge >= 0.3 is 0 Å². The maximum absolute atomic E-state index is 5.60. The minimum atomic E-state index is 0.389. The molecular weight excluding hydrogens is 234 g/mol. The molecular formula is C16H25N3. The number of hydrogen-bond acceptors (Lipinski definition) is 3. The first kappa shape index (κ1) is 13.1. The molecule has 2 fully saturated rings. The van der Waals surface area contributed by atoms with Crippen molar-refractivity contribution < 1.29 is 0 Å². The molecule has 2 aliphatic rings. The Bertz CT molecular complexity index is 415. The molecule has 3 atom stereocenters. The lowest BCUT2D eigenvalue weighted by molar-refractivity contribution is 0.206. The van der Waals surface area contributed by atoms with Crippen molar-refractivity contribution in [2.75, 3.05) is 13.6 Å². The third-order valence-electron chi connectivity index (χ3n) is 4.76. The number of nitrogens with zero attached hydrogens (tertiary/aromatic N) is 1. The minimum absolute atomic E-state index is 0.389. The molecule has 0 bridgehead atoms. The maximum atomic E-state index is 5.60. The highest BCUT2D eigenvalue weighted by Crippen LogP contribution is 2.34. The van der Waals surface area contributed by atoms with Crippen LogP contribution in [0.5, 0.6) is 0 Å². The van der Waals surface area contributed by atoms with Crippen LogP contribution in [0.2, 0.25) is 0 Å². The molecule has 1 heterocycles. The maximum Gasteiger partial charge on any atom is 0.0863 e. The Balaban J connectivity index is 1.74. The van der Waals surface area contributed by atoms with E-state index in [-0.39, 0.29) is 0 Å². The molecule has 0 spiro atoms. The molecule has 3 rings (SSSR count). The van der Waals surface area contributed by atoms with Gasteiger partial charge in [-0.1, -0.05) is 37.1 Å². The fourth-order valence-corrected chi connectivity index (χ4v) is 3.67. The summed E-state index contributed by atoms with van der Waals surface area (Å²) in [6.07, 6.45) is 6.80. The predicted molar refractivity (Wildman–Crippen MR) is 78.9 cm³/mol. The fraction of sp³-hybridized carbons (Fsp3) is 0.625. The minimum Gasteiger partial charge on any atom is -0.330 e. The molecule has 1 aliphatic heterocycles. The van der Waals surface area contributed by atoms with Crippen LogP contribution in [0, 0.1) is 0 Å². The summed E-state index contributed by atoms with van der Waals surface area (Å²) in [6, 6.07) is 10.4. The summed E-state index contributed by atoms with van der Waals surface area (Å²) in [6.45, 7) is 0.727. The van der Waals surface area contributed by atoms with Crippen LogP contribution in [0.3, 0.4) is 0 Å². The van der Waals surface area contributed by atoms with Gasteiger partial charge in [0.2, 0.25) is 0 Å². The van der Waals surface area contributed by atoms with Gasteiger partial charge in [0, 0.05) is 12.1 Å². The second-order valence-electron chi connectivity index (χ2n) is 5.97. The average molecular weight is 259 g/mol. The van der Waals surface area contributed by atoms with Gasteiger partial charge in [-0.15, -0.1) is 0 Å². The van der Waals surface area contributed by atoms with E-state index < -0.39 is 0 Å². The van der Waals surface area contributed by atoms with E-state index in [1.807, 2.05) is 0 Å². The number of hydrogen-bond donors (Lipinski definition) is 2. The third-order valence-corrected chi connectivity index (χ3v) is 4.76. The lowest BCUT2D eigenvalue weighted by Crippen LogP contribution is -2.36. The molecule has 3 N–H and O–H groups in total. The summed E-state index contributed by atoms with van der Waals surface area (Å²) in [5, 5.41) is 3.81. The van der Waals surface area contributed by atoms with Crippen molar-refractivity contribution >= 4 is 0 Å². The van der Waals surface area contributed by atoms with Crippen molar-refractivity contribution in [2.24, 2.45) is 5.73 Å². The molecule has 3 unspecified atom stereocenters. The molecule has 104 valence electrons. The highest BCUT2D eigenvalue weighted by atomic mass is 15.4. The van der Waals surface area contributed by atoms with Crippen molar-refractivity contribution in [3.8, 4) is 0 Å². The Labute approximate surface area is 116 Å². The largest absolute Gasteiger partial charge is 0.330 e. The number of fused-ring (bicyclic) bond motifs is 1. The van der Waals surface area contributed by atoms with Crippen molar-refractivity contribution in [1.82, 2.24) is 10.2 Å². The summed E-state index contributed by atoms with van der Waals surface area (Å²) in [5.41, 5.74) is 8.33. The molecule has 1 saturated heterocycles. The number of nitrogens with one attached hydrogen (secondary N) is 1. The quantitative estimate of drug-likeness (QED) is 0.873. The number of likely N-dealkylation sites (N-methyl/N-ethyl adjacent to an activating group) is 1.